The van der Waals surface area contributed by atoms with E-state index >= 15 is 0 Å². The molecule has 1 heterocycles. The van der Waals surface area contributed by atoms with Crippen molar-refractivity contribution in [2.24, 2.45) is 0 Å². The first kappa shape index (κ1) is 14.8. The molecule has 0 spiro atoms. The van der Waals surface area contributed by atoms with Crippen LogP contribution in [-0.4, -0.2) is 23.2 Å². The fraction of sp³-hybridized carbons (Fsp3) is 0.111. The van der Waals surface area contributed by atoms with Crippen LogP contribution in [0.25, 0.3) is 10.9 Å². The molecule has 0 bridgehead atoms. The molecule has 0 saturated heterocycles. The summed E-state index contributed by atoms with van der Waals surface area (Å²) in [6.45, 7) is 0. The van der Waals surface area contributed by atoms with Gasteiger partial charge in [-0.15, -0.1) is 0 Å². The summed E-state index contributed by atoms with van der Waals surface area (Å²) < 4.78 is 5.35. The second-order valence-corrected chi connectivity index (χ2v) is 5.07. The molecule has 0 amide bonds. The number of aliphatic carboxylic acids is 1. The van der Waals surface area contributed by atoms with Gasteiger partial charge in [-0.05, 0) is 24.3 Å². The fourth-order valence-electron chi connectivity index (χ4n) is 2.47. The summed E-state index contributed by atoms with van der Waals surface area (Å²) in [7, 11) is 1.61. The van der Waals surface area contributed by atoms with Gasteiger partial charge in [0.2, 0.25) is 0 Å². The van der Waals surface area contributed by atoms with Gasteiger partial charge in [0.05, 0.1) is 30.4 Å². The highest BCUT2D eigenvalue weighted by Crippen LogP contribution is 2.31. The van der Waals surface area contributed by atoms with E-state index < -0.39 is 5.97 Å². The minimum absolute atomic E-state index is 0.120. The van der Waals surface area contributed by atoms with Crippen LogP contribution in [0.1, 0.15) is 5.69 Å². The predicted octanol–water partition coefficient (Wildman–Crippen LogP) is 3.61. The number of ether oxygens (including phenoxy) is 1. The summed E-state index contributed by atoms with van der Waals surface area (Å²) in [4.78, 5) is 15.4. The van der Waals surface area contributed by atoms with Gasteiger partial charge < -0.3 is 15.2 Å². The monoisotopic (exact) mass is 308 g/mol. The summed E-state index contributed by atoms with van der Waals surface area (Å²) in [5.41, 5.74) is 2.88. The molecular weight excluding hydrogens is 292 g/mol. The average molecular weight is 308 g/mol. The van der Waals surface area contributed by atoms with Gasteiger partial charge in [-0.25, -0.2) is 0 Å². The smallest absolute Gasteiger partial charge is 0.309 e. The van der Waals surface area contributed by atoms with Crippen LogP contribution < -0.4 is 10.1 Å². The van der Waals surface area contributed by atoms with Crippen molar-refractivity contribution in [2.75, 3.05) is 12.4 Å². The fourth-order valence-corrected chi connectivity index (χ4v) is 2.47. The third-order valence-corrected chi connectivity index (χ3v) is 3.48. The molecule has 2 aromatic carbocycles. The summed E-state index contributed by atoms with van der Waals surface area (Å²) in [6, 6.07) is 17.0. The minimum atomic E-state index is -0.906. The molecule has 2 N–H and O–H groups in total. The van der Waals surface area contributed by atoms with Crippen molar-refractivity contribution < 1.29 is 14.6 Å². The van der Waals surface area contributed by atoms with E-state index in [1.54, 1.807) is 13.2 Å². The number of aromatic nitrogens is 1. The van der Waals surface area contributed by atoms with Crippen molar-refractivity contribution >= 4 is 28.2 Å². The largest absolute Gasteiger partial charge is 0.495 e. The zero-order valence-corrected chi connectivity index (χ0v) is 12.6. The third-order valence-electron chi connectivity index (χ3n) is 3.48. The second kappa shape index (κ2) is 6.36. The van der Waals surface area contributed by atoms with Crippen LogP contribution in [-0.2, 0) is 11.2 Å². The lowest BCUT2D eigenvalue weighted by Gasteiger charge is -2.14. The number of carboxylic acids is 1. The zero-order valence-electron chi connectivity index (χ0n) is 12.6. The standard InChI is InChI=1S/C18H16N2O3/c1-23-17-9-5-4-8-15(17)20-16-10-12(11-18(21)22)19-14-7-3-2-6-13(14)16/h2-10H,11H2,1H3,(H,19,20)(H,21,22). The Hall–Kier alpha value is -3.08. The van der Waals surface area contributed by atoms with Gasteiger partial charge in [-0.3, -0.25) is 9.78 Å². The maximum Gasteiger partial charge on any atom is 0.309 e. The lowest BCUT2D eigenvalue weighted by molar-refractivity contribution is -0.136. The van der Waals surface area contributed by atoms with Crippen LogP contribution in [0, 0.1) is 0 Å². The predicted molar refractivity (Wildman–Crippen MR) is 89.4 cm³/mol. The molecule has 3 rings (SSSR count). The van der Waals surface area contributed by atoms with Crippen LogP contribution in [0.3, 0.4) is 0 Å². The number of hydrogen-bond acceptors (Lipinski definition) is 4. The van der Waals surface area contributed by atoms with Crippen LogP contribution in [0.15, 0.2) is 54.6 Å². The lowest BCUT2D eigenvalue weighted by atomic mass is 10.1. The van der Waals surface area contributed by atoms with E-state index in [0.29, 0.717) is 11.4 Å². The molecule has 0 unspecified atom stereocenters. The van der Waals surface area contributed by atoms with Crippen LogP contribution in [0.4, 0.5) is 11.4 Å². The van der Waals surface area contributed by atoms with Crippen molar-refractivity contribution in [3.63, 3.8) is 0 Å². The number of anilines is 2. The number of nitrogens with zero attached hydrogens (tertiary/aromatic N) is 1. The Balaban J connectivity index is 2.09. The van der Waals surface area contributed by atoms with E-state index in [0.717, 1.165) is 22.3 Å². The Morgan fingerprint density at radius 3 is 2.65 bits per heavy atom. The van der Waals surface area contributed by atoms with Gasteiger partial charge in [0.15, 0.2) is 0 Å². The lowest BCUT2D eigenvalue weighted by Crippen LogP contribution is -2.04. The van der Waals surface area contributed by atoms with Gasteiger partial charge >= 0.3 is 5.97 Å². The van der Waals surface area contributed by atoms with E-state index in [1.807, 2.05) is 48.5 Å². The van der Waals surface area contributed by atoms with E-state index in [1.165, 1.54) is 0 Å². The number of pyridine rings is 1. The highest BCUT2D eigenvalue weighted by Gasteiger charge is 2.10. The summed E-state index contributed by atoms with van der Waals surface area (Å²) in [6.07, 6.45) is -0.120. The number of fused-ring (bicyclic) bond motifs is 1. The highest BCUT2D eigenvalue weighted by molar-refractivity contribution is 5.94. The van der Waals surface area contributed by atoms with Crippen LogP contribution >= 0.6 is 0 Å². The van der Waals surface area contributed by atoms with E-state index in [-0.39, 0.29) is 6.42 Å². The zero-order chi connectivity index (χ0) is 16.2. The molecule has 0 aliphatic carbocycles. The molecular formula is C18H16N2O3. The number of carbonyl (C=O) groups is 1. The molecule has 1 aromatic heterocycles. The number of carboxylic acid groups (broad SMARTS) is 1. The normalized spacial score (nSPS) is 10.5. The molecule has 0 saturated carbocycles. The van der Waals surface area contributed by atoms with Crippen molar-refractivity contribution in [3.8, 4) is 5.75 Å². The van der Waals surface area contributed by atoms with E-state index in [2.05, 4.69) is 10.3 Å². The summed E-state index contributed by atoms with van der Waals surface area (Å²) >= 11 is 0. The number of nitrogens with one attached hydrogen (secondary N) is 1. The maximum absolute atomic E-state index is 11.0. The van der Waals surface area contributed by atoms with Gasteiger partial charge in [0.25, 0.3) is 0 Å². The first-order chi connectivity index (χ1) is 11.2. The highest BCUT2D eigenvalue weighted by atomic mass is 16.5. The first-order valence-electron chi connectivity index (χ1n) is 7.18. The number of benzene rings is 2. The Morgan fingerprint density at radius 2 is 1.87 bits per heavy atom. The molecule has 5 nitrogen and oxygen atoms in total. The van der Waals surface area contributed by atoms with Gasteiger partial charge in [-0.2, -0.15) is 0 Å². The van der Waals surface area contributed by atoms with Crippen molar-refractivity contribution in [1.29, 1.82) is 0 Å². The Labute approximate surface area is 133 Å². The number of hydrogen-bond donors (Lipinski definition) is 2. The molecule has 0 radical (unpaired) electrons. The van der Waals surface area contributed by atoms with Crippen molar-refractivity contribution in [2.45, 2.75) is 6.42 Å². The quantitative estimate of drug-likeness (QED) is 0.753. The number of methoxy groups -OCH3 is 1. The van der Waals surface area contributed by atoms with Crippen molar-refractivity contribution in [3.05, 3.63) is 60.3 Å². The molecule has 116 valence electrons. The molecule has 0 fully saturated rings. The summed E-state index contributed by atoms with van der Waals surface area (Å²) in [5, 5.41) is 13.3. The second-order valence-electron chi connectivity index (χ2n) is 5.07. The Morgan fingerprint density at radius 1 is 1.13 bits per heavy atom. The average Bonchev–Trinajstić information content (AvgIpc) is 2.55. The first-order valence-corrected chi connectivity index (χ1v) is 7.18. The number of rotatable bonds is 5. The SMILES string of the molecule is COc1ccccc1Nc1cc(CC(=O)O)nc2ccccc12. The summed E-state index contributed by atoms with van der Waals surface area (Å²) in [5.74, 6) is -0.191. The molecule has 5 heteroatoms. The molecule has 3 aromatic rings. The molecule has 0 aliphatic rings. The topological polar surface area (TPSA) is 71.5 Å². The van der Waals surface area contributed by atoms with E-state index in [9.17, 15) is 4.79 Å². The Bertz CT molecular complexity index is 862. The van der Waals surface area contributed by atoms with Gasteiger partial charge in [0.1, 0.15) is 5.75 Å². The number of para-hydroxylation sites is 3. The van der Waals surface area contributed by atoms with Crippen LogP contribution in [0.5, 0.6) is 5.75 Å². The molecule has 0 aliphatic heterocycles. The molecule has 23 heavy (non-hydrogen) atoms. The van der Waals surface area contributed by atoms with Gasteiger partial charge in [0, 0.05) is 11.1 Å². The van der Waals surface area contributed by atoms with Crippen molar-refractivity contribution in [1.82, 2.24) is 4.98 Å². The maximum atomic E-state index is 11.0. The van der Waals surface area contributed by atoms with E-state index in [4.69, 9.17) is 9.84 Å². The Kier molecular flexibility index (Phi) is 4.10. The van der Waals surface area contributed by atoms with Gasteiger partial charge in [-0.1, -0.05) is 30.3 Å². The van der Waals surface area contributed by atoms with Crippen LogP contribution in [0.2, 0.25) is 0 Å². The molecule has 0 atom stereocenters. The minimum Gasteiger partial charge on any atom is -0.495 e. The third kappa shape index (κ3) is 3.23.